The number of nitrogens with one attached hydrogen (secondary N) is 2. The van der Waals surface area contributed by atoms with Crippen LogP contribution in [0.2, 0.25) is 0 Å². The van der Waals surface area contributed by atoms with E-state index in [4.69, 9.17) is 4.84 Å². The van der Waals surface area contributed by atoms with Gasteiger partial charge in [0, 0.05) is 34.1 Å². The molecule has 3 aromatic carbocycles. The van der Waals surface area contributed by atoms with Gasteiger partial charge < -0.3 is 15.5 Å². The highest BCUT2D eigenvalue weighted by molar-refractivity contribution is 9.10. The minimum atomic E-state index is -5.13. The van der Waals surface area contributed by atoms with Gasteiger partial charge in [-0.3, -0.25) is 9.59 Å². The third kappa shape index (κ3) is 5.79. The van der Waals surface area contributed by atoms with E-state index in [2.05, 4.69) is 31.7 Å². The lowest BCUT2D eigenvalue weighted by atomic mass is 9.84. The van der Waals surface area contributed by atoms with Crippen molar-refractivity contribution in [2.45, 2.75) is 37.7 Å². The molecule has 1 unspecified atom stereocenters. The standard InChI is InChI=1S/C27H22BrF6N3O3/c1-2-9-35-23(38)14-36-24(39)21-8-7-20(18-5-3-4-6-19(18)21)22-13-25(40-37-22,27(32,33)34)15-10-16(26(29,30)31)12-17(28)11-15/h3-8,10-12H,2,9,13-14H2,1H3,(H,35,38)(H,36,39). The van der Waals surface area contributed by atoms with Crippen LogP contribution in [0.3, 0.4) is 0 Å². The molecular formula is C27H22BrF6N3O3. The van der Waals surface area contributed by atoms with Gasteiger partial charge in [0.1, 0.15) is 0 Å². The van der Waals surface area contributed by atoms with Gasteiger partial charge in [-0.15, -0.1) is 0 Å². The number of benzene rings is 3. The number of carbonyl (C=O) groups excluding carboxylic acids is 2. The minimum absolute atomic E-state index is 0.159. The molecule has 2 N–H and O–H groups in total. The summed E-state index contributed by atoms with van der Waals surface area (Å²) in [5.41, 5.74) is -4.98. The highest BCUT2D eigenvalue weighted by Crippen LogP contribution is 2.50. The van der Waals surface area contributed by atoms with E-state index in [0.717, 1.165) is 12.5 Å². The first-order valence-corrected chi connectivity index (χ1v) is 12.8. The molecule has 0 bridgehead atoms. The fraction of sp³-hybridized carbons (Fsp3) is 0.296. The third-order valence-electron chi connectivity index (χ3n) is 6.34. The Balaban J connectivity index is 1.70. The van der Waals surface area contributed by atoms with Crippen molar-refractivity contribution in [1.82, 2.24) is 10.6 Å². The quantitative estimate of drug-likeness (QED) is 0.295. The van der Waals surface area contributed by atoms with E-state index in [1.165, 1.54) is 12.1 Å². The monoisotopic (exact) mass is 629 g/mol. The lowest BCUT2D eigenvalue weighted by Gasteiger charge is -2.30. The van der Waals surface area contributed by atoms with Gasteiger partial charge in [0.25, 0.3) is 11.5 Å². The fourth-order valence-corrected chi connectivity index (χ4v) is 4.86. The lowest BCUT2D eigenvalue weighted by Crippen LogP contribution is -2.43. The third-order valence-corrected chi connectivity index (χ3v) is 6.80. The SMILES string of the molecule is CCCNC(=O)CNC(=O)c1ccc(C2=NOC(c3cc(Br)cc(C(F)(F)F)c3)(C(F)(F)F)C2)c2ccccc12. The van der Waals surface area contributed by atoms with Crippen LogP contribution in [-0.2, 0) is 21.4 Å². The zero-order valence-corrected chi connectivity index (χ0v) is 22.4. The van der Waals surface area contributed by atoms with Gasteiger partial charge in [0.15, 0.2) is 0 Å². The Morgan fingerprint density at radius 3 is 2.35 bits per heavy atom. The summed E-state index contributed by atoms with van der Waals surface area (Å²) in [6, 6.07) is 11.2. The Labute approximate surface area is 232 Å². The molecule has 13 heteroatoms. The van der Waals surface area contributed by atoms with E-state index in [0.29, 0.717) is 29.4 Å². The number of carbonyl (C=O) groups is 2. The average molecular weight is 630 g/mol. The van der Waals surface area contributed by atoms with Gasteiger partial charge in [-0.25, -0.2) is 0 Å². The Hall–Kier alpha value is -3.61. The first-order chi connectivity index (χ1) is 18.8. The van der Waals surface area contributed by atoms with Crippen LogP contribution >= 0.6 is 15.9 Å². The summed E-state index contributed by atoms with van der Waals surface area (Å²) in [7, 11) is 0. The van der Waals surface area contributed by atoms with Crippen LogP contribution < -0.4 is 10.6 Å². The molecule has 0 saturated heterocycles. The van der Waals surface area contributed by atoms with Crippen molar-refractivity contribution in [2.75, 3.05) is 13.1 Å². The highest BCUT2D eigenvalue weighted by atomic mass is 79.9. The topological polar surface area (TPSA) is 79.8 Å². The van der Waals surface area contributed by atoms with Crippen LogP contribution in [-0.4, -0.2) is 36.8 Å². The van der Waals surface area contributed by atoms with Crippen LogP contribution in [0, 0.1) is 0 Å². The van der Waals surface area contributed by atoms with Crippen molar-refractivity contribution >= 4 is 44.2 Å². The second-order valence-corrected chi connectivity index (χ2v) is 10.0. The van der Waals surface area contributed by atoms with Crippen molar-refractivity contribution in [2.24, 2.45) is 5.16 Å². The number of rotatable bonds is 7. The van der Waals surface area contributed by atoms with Crippen molar-refractivity contribution in [3.05, 3.63) is 81.3 Å². The molecule has 1 heterocycles. The highest BCUT2D eigenvalue weighted by Gasteiger charge is 2.62. The summed E-state index contributed by atoms with van der Waals surface area (Å²) in [4.78, 5) is 29.7. The Bertz CT molecular complexity index is 1490. The maximum Gasteiger partial charge on any atom is 0.435 e. The molecule has 1 aliphatic rings. The molecule has 0 saturated carbocycles. The predicted octanol–water partition coefficient (Wildman–Crippen LogP) is 6.46. The van der Waals surface area contributed by atoms with E-state index in [1.54, 1.807) is 24.3 Å². The molecule has 2 amide bonds. The van der Waals surface area contributed by atoms with Crippen LogP contribution in [0.25, 0.3) is 10.8 Å². The minimum Gasteiger partial charge on any atom is -0.374 e. The first kappa shape index (κ1) is 29.4. The number of hydrogen-bond acceptors (Lipinski definition) is 4. The zero-order chi connectivity index (χ0) is 29.3. The van der Waals surface area contributed by atoms with Gasteiger partial charge in [-0.1, -0.05) is 58.3 Å². The fourth-order valence-electron chi connectivity index (χ4n) is 4.37. The van der Waals surface area contributed by atoms with Crippen molar-refractivity contribution in [3.63, 3.8) is 0 Å². The largest absolute Gasteiger partial charge is 0.435 e. The molecule has 4 rings (SSSR count). The van der Waals surface area contributed by atoms with Gasteiger partial charge in [-0.05, 0) is 41.5 Å². The number of oxime groups is 1. The molecule has 0 spiro atoms. The second kappa shape index (κ2) is 11.1. The van der Waals surface area contributed by atoms with E-state index in [1.807, 2.05) is 6.92 Å². The van der Waals surface area contributed by atoms with E-state index in [9.17, 15) is 35.9 Å². The molecule has 3 aromatic rings. The summed E-state index contributed by atoms with van der Waals surface area (Å²) < 4.78 is 83.4. The smallest absolute Gasteiger partial charge is 0.374 e. The maximum atomic E-state index is 14.5. The molecule has 1 aliphatic heterocycles. The number of alkyl halides is 6. The molecule has 6 nitrogen and oxygen atoms in total. The molecule has 0 radical (unpaired) electrons. The number of nitrogens with zero attached hydrogens (tertiary/aromatic N) is 1. The van der Waals surface area contributed by atoms with Crippen LogP contribution in [0.15, 0.2) is 64.2 Å². The zero-order valence-electron chi connectivity index (χ0n) is 20.8. The van der Waals surface area contributed by atoms with Gasteiger partial charge in [0.05, 0.1) is 17.8 Å². The van der Waals surface area contributed by atoms with Crippen LogP contribution in [0.4, 0.5) is 26.3 Å². The molecule has 40 heavy (non-hydrogen) atoms. The first-order valence-electron chi connectivity index (χ1n) is 12.0. The molecule has 0 aromatic heterocycles. The molecule has 0 aliphatic carbocycles. The second-order valence-electron chi connectivity index (χ2n) is 9.10. The van der Waals surface area contributed by atoms with Crippen molar-refractivity contribution < 1.29 is 40.8 Å². The van der Waals surface area contributed by atoms with E-state index in [-0.39, 0.29) is 33.8 Å². The number of fused-ring (bicyclic) bond motifs is 1. The lowest BCUT2D eigenvalue weighted by molar-refractivity contribution is -0.276. The van der Waals surface area contributed by atoms with Crippen LogP contribution in [0.5, 0.6) is 0 Å². The predicted molar refractivity (Wildman–Crippen MR) is 139 cm³/mol. The van der Waals surface area contributed by atoms with Gasteiger partial charge in [-0.2, -0.15) is 26.3 Å². The normalized spacial score (nSPS) is 17.4. The van der Waals surface area contributed by atoms with E-state index < -0.39 is 41.4 Å². The Kier molecular flexibility index (Phi) is 8.16. The summed E-state index contributed by atoms with van der Waals surface area (Å²) in [6.45, 7) is 2.06. The average Bonchev–Trinajstić information content (AvgIpc) is 3.36. The van der Waals surface area contributed by atoms with E-state index >= 15 is 0 Å². The Morgan fingerprint density at radius 2 is 1.70 bits per heavy atom. The van der Waals surface area contributed by atoms with Crippen LogP contribution in [0.1, 0.15) is 46.8 Å². The number of hydrogen-bond donors (Lipinski definition) is 2. The van der Waals surface area contributed by atoms with Gasteiger partial charge >= 0.3 is 12.4 Å². The molecule has 0 fully saturated rings. The van der Waals surface area contributed by atoms with Crippen molar-refractivity contribution in [1.29, 1.82) is 0 Å². The maximum absolute atomic E-state index is 14.5. The number of amides is 2. The molecule has 212 valence electrons. The molecular weight excluding hydrogens is 608 g/mol. The molecule has 1 atom stereocenters. The summed E-state index contributed by atoms with van der Waals surface area (Å²) in [5, 5.41) is 9.58. The summed E-state index contributed by atoms with van der Waals surface area (Å²) in [6.07, 6.45) is -10.2. The van der Waals surface area contributed by atoms with Crippen molar-refractivity contribution in [3.8, 4) is 0 Å². The van der Waals surface area contributed by atoms with Gasteiger partial charge in [0.2, 0.25) is 5.91 Å². The summed E-state index contributed by atoms with van der Waals surface area (Å²) in [5.74, 6) is -0.948. The Morgan fingerprint density at radius 1 is 1.00 bits per heavy atom. The number of halogens is 7. The summed E-state index contributed by atoms with van der Waals surface area (Å²) >= 11 is 2.87.